The van der Waals surface area contributed by atoms with Gasteiger partial charge in [0.1, 0.15) is 0 Å². The standard InChI is InChI=1S/C3H3ClO5/c4-1(2(5)6)9-3(7)8/h1H,(H,5,6)(H,7,8). The number of hydrogen-bond donors (Lipinski definition) is 2. The van der Waals surface area contributed by atoms with Crippen LogP contribution in [0.3, 0.4) is 0 Å². The van der Waals surface area contributed by atoms with E-state index in [4.69, 9.17) is 21.8 Å². The first-order valence-electron chi connectivity index (χ1n) is 1.80. The van der Waals surface area contributed by atoms with Gasteiger partial charge in [0.25, 0.3) is 5.56 Å². The molecule has 52 valence electrons. The van der Waals surface area contributed by atoms with Gasteiger partial charge in [-0.3, -0.25) is 0 Å². The van der Waals surface area contributed by atoms with Crippen molar-refractivity contribution in [3.8, 4) is 0 Å². The topological polar surface area (TPSA) is 83.8 Å². The SMILES string of the molecule is O=C(O)OC(Cl)C(=O)O. The molecule has 9 heavy (non-hydrogen) atoms. The lowest BCUT2D eigenvalue weighted by Gasteiger charge is -1.99. The van der Waals surface area contributed by atoms with Gasteiger partial charge >= 0.3 is 12.1 Å². The van der Waals surface area contributed by atoms with Gasteiger partial charge in [-0.25, -0.2) is 9.59 Å². The summed E-state index contributed by atoms with van der Waals surface area (Å²) in [6, 6.07) is 0. The molecule has 0 aromatic rings. The molecule has 0 saturated carbocycles. The van der Waals surface area contributed by atoms with Crippen molar-refractivity contribution in [2.45, 2.75) is 5.56 Å². The van der Waals surface area contributed by atoms with E-state index in [1.165, 1.54) is 0 Å². The number of carbonyl (C=O) groups is 2. The van der Waals surface area contributed by atoms with E-state index in [2.05, 4.69) is 4.74 Å². The van der Waals surface area contributed by atoms with E-state index in [1.54, 1.807) is 0 Å². The number of ether oxygens (including phenoxy) is 1. The molecule has 1 unspecified atom stereocenters. The minimum absolute atomic E-state index is 1.53. The second-order valence-corrected chi connectivity index (χ2v) is 1.43. The summed E-state index contributed by atoms with van der Waals surface area (Å²) in [4.78, 5) is 19.3. The monoisotopic (exact) mass is 154 g/mol. The summed E-state index contributed by atoms with van der Waals surface area (Å²) in [5, 5.41) is 15.7. The van der Waals surface area contributed by atoms with Gasteiger partial charge in [0.2, 0.25) is 0 Å². The lowest BCUT2D eigenvalue weighted by molar-refractivity contribution is -0.143. The average Bonchev–Trinajstić information content (AvgIpc) is 1.63. The van der Waals surface area contributed by atoms with E-state index in [0.717, 1.165) is 0 Å². The number of alkyl halides is 1. The van der Waals surface area contributed by atoms with Gasteiger partial charge in [0, 0.05) is 0 Å². The van der Waals surface area contributed by atoms with Crippen LogP contribution >= 0.6 is 11.6 Å². The molecule has 0 radical (unpaired) electrons. The van der Waals surface area contributed by atoms with E-state index >= 15 is 0 Å². The summed E-state index contributed by atoms with van der Waals surface area (Å²) in [5.41, 5.74) is -1.82. The quantitative estimate of drug-likeness (QED) is 0.442. The van der Waals surface area contributed by atoms with Crippen LogP contribution in [-0.4, -0.2) is 27.9 Å². The first kappa shape index (κ1) is 8.03. The van der Waals surface area contributed by atoms with Crippen LogP contribution in [0.2, 0.25) is 0 Å². The minimum Gasteiger partial charge on any atom is -0.478 e. The van der Waals surface area contributed by atoms with Crippen LogP contribution in [0.5, 0.6) is 0 Å². The van der Waals surface area contributed by atoms with Crippen molar-refractivity contribution >= 4 is 23.7 Å². The Bertz CT molecular complexity index is 132. The Labute approximate surface area is 54.8 Å². The van der Waals surface area contributed by atoms with Crippen LogP contribution in [0, 0.1) is 0 Å². The molecule has 6 heteroatoms. The summed E-state index contributed by atoms with van der Waals surface area (Å²) < 4.78 is 3.59. The number of rotatable bonds is 2. The highest BCUT2D eigenvalue weighted by Gasteiger charge is 2.17. The lowest BCUT2D eigenvalue weighted by atomic mass is 10.7. The summed E-state index contributed by atoms with van der Waals surface area (Å²) in [6.07, 6.45) is -1.71. The van der Waals surface area contributed by atoms with E-state index in [9.17, 15) is 9.59 Å². The third kappa shape index (κ3) is 3.60. The Morgan fingerprint density at radius 1 is 1.44 bits per heavy atom. The summed E-state index contributed by atoms with van der Waals surface area (Å²) in [7, 11) is 0. The van der Waals surface area contributed by atoms with Crippen molar-refractivity contribution < 1.29 is 24.5 Å². The molecule has 0 fully saturated rings. The van der Waals surface area contributed by atoms with E-state index in [0.29, 0.717) is 0 Å². The Balaban J connectivity index is 3.63. The van der Waals surface area contributed by atoms with E-state index < -0.39 is 17.7 Å². The highest BCUT2D eigenvalue weighted by Crippen LogP contribution is 1.97. The van der Waals surface area contributed by atoms with Crippen LogP contribution in [0.25, 0.3) is 0 Å². The van der Waals surface area contributed by atoms with Crippen molar-refractivity contribution in [1.29, 1.82) is 0 Å². The summed E-state index contributed by atoms with van der Waals surface area (Å²) in [5.74, 6) is -1.53. The van der Waals surface area contributed by atoms with Crippen molar-refractivity contribution in [2.75, 3.05) is 0 Å². The molecule has 0 saturated heterocycles. The maximum Gasteiger partial charge on any atom is 0.507 e. The molecular weight excluding hydrogens is 151 g/mol. The zero-order valence-corrected chi connectivity index (χ0v) is 4.83. The molecule has 0 aliphatic rings. The predicted octanol–water partition coefficient (Wildman–Crippen LogP) is 0.330. The van der Waals surface area contributed by atoms with Gasteiger partial charge in [0.05, 0.1) is 0 Å². The Morgan fingerprint density at radius 3 is 2.00 bits per heavy atom. The fraction of sp³-hybridized carbons (Fsp3) is 0.333. The molecule has 2 N–H and O–H groups in total. The number of carboxylic acid groups (broad SMARTS) is 2. The van der Waals surface area contributed by atoms with Crippen molar-refractivity contribution in [3.63, 3.8) is 0 Å². The largest absolute Gasteiger partial charge is 0.507 e. The van der Waals surface area contributed by atoms with Crippen LogP contribution < -0.4 is 0 Å². The maximum atomic E-state index is 9.71. The zero-order valence-electron chi connectivity index (χ0n) is 4.07. The summed E-state index contributed by atoms with van der Waals surface area (Å²) >= 11 is 4.81. The Kier molecular flexibility index (Phi) is 2.80. The molecule has 1 atom stereocenters. The molecule has 0 amide bonds. The van der Waals surface area contributed by atoms with Crippen LogP contribution in [-0.2, 0) is 9.53 Å². The molecule has 0 bridgehead atoms. The van der Waals surface area contributed by atoms with Gasteiger partial charge in [-0.05, 0) is 0 Å². The normalized spacial score (nSPS) is 12.1. The third-order valence-electron chi connectivity index (χ3n) is 0.398. The smallest absolute Gasteiger partial charge is 0.478 e. The first-order chi connectivity index (χ1) is 4.04. The van der Waals surface area contributed by atoms with Crippen molar-refractivity contribution in [1.82, 2.24) is 0 Å². The van der Waals surface area contributed by atoms with Crippen LogP contribution in [0.4, 0.5) is 4.79 Å². The molecular formula is C3H3ClO5. The molecule has 0 rings (SSSR count). The minimum atomic E-state index is -1.82. The average molecular weight is 155 g/mol. The predicted molar refractivity (Wildman–Crippen MR) is 26.4 cm³/mol. The highest BCUT2D eigenvalue weighted by atomic mass is 35.5. The third-order valence-corrected chi connectivity index (χ3v) is 0.674. The van der Waals surface area contributed by atoms with Crippen molar-refractivity contribution in [2.24, 2.45) is 0 Å². The lowest BCUT2D eigenvalue weighted by Crippen LogP contribution is -2.19. The van der Waals surface area contributed by atoms with Crippen LogP contribution in [0.1, 0.15) is 0 Å². The fourth-order valence-corrected chi connectivity index (χ4v) is 0.215. The molecule has 0 aliphatic carbocycles. The van der Waals surface area contributed by atoms with Gasteiger partial charge in [-0.1, -0.05) is 11.6 Å². The number of hydrogen-bond acceptors (Lipinski definition) is 3. The van der Waals surface area contributed by atoms with Gasteiger partial charge in [0.15, 0.2) is 0 Å². The number of aliphatic carboxylic acids is 1. The molecule has 0 heterocycles. The van der Waals surface area contributed by atoms with Gasteiger partial charge in [-0.15, -0.1) is 0 Å². The van der Waals surface area contributed by atoms with Gasteiger partial charge < -0.3 is 14.9 Å². The maximum absolute atomic E-state index is 9.71. The summed E-state index contributed by atoms with van der Waals surface area (Å²) in [6.45, 7) is 0. The zero-order chi connectivity index (χ0) is 7.44. The molecule has 0 aliphatic heterocycles. The van der Waals surface area contributed by atoms with Crippen LogP contribution in [0.15, 0.2) is 0 Å². The first-order valence-corrected chi connectivity index (χ1v) is 2.24. The molecule has 0 aromatic heterocycles. The fourth-order valence-electron chi connectivity index (χ4n) is 0.139. The number of halogens is 1. The van der Waals surface area contributed by atoms with Crippen molar-refractivity contribution in [3.05, 3.63) is 0 Å². The van der Waals surface area contributed by atoms with E-state index in [-0.39, 0.29) is 0 Å². The second kappa shape index (κ2) is 3.13. The second-order valence-electron chi connectivity index (χ2n) is 1.04. The Morgan fingerprint density at radius 2 is 1.89 bits per heavy atom. The Hall–Kier alpha value is -0.970. The molecule has 0 spiro atoms. The number of carboxylic acids is 1. The molecule has 0 aromatic carbocycles. The van der Waals surface area contributed by atoms with E-state index in [1.807, 2.05) is 0 Å². The molecule has 5 nitrogen and oxygen atoms in total. The highest BCUT2D eigenvalue weighted by molar-refractivity contribution is 6.28. The van der Waals surface area contributed by atoms with Gasteiger partial charge in [-0.2, -0.15) is 0 Å².